The normalized spacial score (nSPS) is 16.6. The molecule has 1 fully saturated rings. The number of halogens is 2. The molecule has 0 saturated carbocycles. The zero-order valence-corrected chi connectivity index (χ0v) is 13.5. The number of carbonyl (C=O) groups excluding carboxylic acids is 1. The van der Waals surface area contributed by atoms with Crippen molar-refractivity contribution in [2.24, 2.45) is 0 Å². The smallest absolute Gasteiger partial charge is 0.191 e. The number of aliphatic hydroxyl groups excluding tert-OH is 1. The molecule has 3 rings (SSSR count). The lowest BCUT2D eigenvalue weighted by atomic mass is 9.71. The number of hydrogen-bond donors (Lipinski definition) is 1. The van der Waals surface area contributed by atoms with E-state index in [-0.39, 0.29) is 5.56 Å². The van der Waals surface area contributed by atoms with E-state index in [0.29, 0.717) is 43.9 Å². The van der Waals surface area contributed by atoms with Gasteiger partial charge in [-0.2, -0.15) is 0 Å². The molecule has 1 aliphatic rings. The minimum absolute atomic E-state index is 0.212. The van der Waals surface area contributed by atoms with Crippen LogP contribution in [0.3, 0.4) is 0 Å². The van der Waals surface area contributed by atoms with E-state index in [0.717, 1.165) is 12.1 Å². The van der Waals surface area contributed by atoms with E-state index in [1.165, 1.54) is 18.5 Å². The van der Waals surface area contributed by atoms with Gasteiger partial charge in [-0.05, 0) is 36.6 Å². The lowest BCUT2D eigenvalue weighted by Crippen LogP contribution is -2.37. The lowest BCUT2D eigenvalue weighted by Gasteiger charge is -2.37. The van der Waals surface area contributed by atoms with Crippen molar-refractivity contribution in [3.05, 3.63) is 59.2 Å². The number of ether oxygens (including phenoxy) is 1. The van der Waals surface area contributed by atoms with E-state index in [9.17, 15) is 13.6 Å². The van der Waals surface area contributed by atoms with Gasteiger partial charge in [-0.3, -0.25) is 4.79 Å². The number of benzene rings is 1. The zero-order valence-electron chi connectivity index (χ0n) is 13.5. The Labute approximate surface area is 143 Å². The van der Waals surface area contributed by atoms with Crippen molar-refractivity contribution in [1.29, 1.82) is 0 Å². The van der Waals surface area contributed by atoms with Crippen LogP contribution in [0.2, 0.25) is 0 Å². The third kappa shape index (κ3) is 3.72. The number of aromatic nitrogens is 2. The molecule has 2 aromatic rings. The number of aliphatic hydroxyl groups is 1. The second kappa shape index (κ2) is 7.33. The van der Waals surface area contributed by atoms with Gasteiger partial charge in [0.05, 0.1) is 5.56 Å². The molecule has 1 saturated heterocycles. The van der Waals surface area contributed by atoms with Gasteiger partial charge in [0.15, 0.2) is 5.78 Å². The zero-order chi connectivity index (χ0) is 17.9. The Morgan fingerprint density at radius 1 is 1.20 bits per heavy atom. The number of hydrogen-bond acceptors (Lipinski definition) is 5. The molecule has 0 spiro atoms. The van der Waals surface area contributed by atoms with Crippen LogP contribution in [0, 0.1) is 11.6 Å². The Hall–Kier alpha value is -2.25. The van der Waals surface area contributed by atoms with Crippen LogP contribution in [-0.4, -0.2) is 40.7 Å². The predicted molar refractivity (Wildman–Crippen MR) is 85.2 cm³/mol. The molecule has 7 heteroatoms. The predicted octanol–water partition coefficient (Wildman–Crippen LogP) is 2.22. The summed E-state index contributed by atoms with van der Waals surface area (Å²) in [5, 5.41) is 8.87. The highest BCUT2D eigenvalue weighted by molar-refractivity contribution is 5.96. The second-order valence-electron chi connectivity index (χ2n) is 6.16. The average molecular weight is 348 g/mol. The van der Waals surface area contributed by atoms with Crippen molar-refractivity contribution in [3.63, 3.8) is 0 Å². The molecule has 0 aliphatic carbocycles. The van der Waals surface area contributed by atoms with Crippen LogP contribution in [-0.2, 0) is 16.6 Å². The molecule has 1 N–H and O–H groups in total. The first-order valence-electron chi connectivity index (χ1n) is 8.02. The van der Waals surface area contributed by atoms with Gasteiger partial charge in [0.25, 0.3) is 0 Å². The number of nitrogens with zero attached hydrogens (tertiary/aromatic N) is 2. The van der Waals surface area contributed by atoms with Crippen LogP contribution in [0.25, 0.3) is 0 Å². The topological polar surface area (TPSA) is 72.3 Å². The van der Waals surface area contributed by atoms with Gasteiger partial charge < -0.3 is 9.84 Å². The summed E-state index contributed by atoms with van der Waals surface area (Å²) in [5.74, 6) is -0.994. The minimum Gasteiger partial charge on any atom is -0.388 e. The van der Waals surface area contributed by atoms with Gasteiger partial charge in [-0.25, -0.2) is 18.7 Å². The summed E-state index contributed by atoms with van der Waals surface area (Å²) in [5.41, 5.74) is -0.147. The summed E-state index contributed by atoms with van der Waals surface area (Å²) in [6.07, 6.45) is 4.04. The molecule has 5 nitrogen and oxygen atoms in total. The molecule has 25 heavy (non-hydrogen) atoms. The molecule has 132 valence electrons. The Balaban J connectivity index is 1.94. The highest BCUT2D eigenvalue weighted by atomic mass is 19.1. The van der Waals surface area contributed by atoms with Crippen LogP contribution < -0.4 is 0 Å². The Morgan fingerprint density at radius 2 is 1.88 bits per heavy atom. The maximum absolute atomic E-state index is 14.4. The maximum Gasteiger partial charge on any atom is 0.191 e. The summed E-state index contributed by atoms with van der Waals surface area (Å²) >= 11 is 0. The van der Waals surface area contributed by atoms with Gasteiger partial charge in [-0.15, -0.1) is 0 Å². The minimum atomic E-state index is -0.660. The fraction of sp³-hybridized carbons (Fsp3) is 0.389. The van der Waals surface area contributed by atoms with Crippen molar-refractivity contribution in [2.75, 3.05) is 19.8 Å². The third-order valence-electron chi connectivity index (χ3n) is 4.62. The standard InChI is InChI=1S/C18H18F2N2O3/c19-13-1-2-15(20)14(7-13)18(3-5-25-6-4-18)8-17-21-9-12(10-22-17)16(24)11-23/h1-2,7,9-10,23H,3-6,8,11H2. The van der Waals surface area contributed by atoms with E-state index in [1.807, 2.05) is 0 Å². The molecule has 0 radical (unpaired) electrons. The van der Waals surface area contributed by atoms with E-state index in [2.05, 4.69) is 9.97 Å². The fourth-order valence-electron chi connectivity index (χ4n) is 3.19. The summed E-state index contributed by atoms with van der Waals surface area (Å²) in [6.45, 7) is 0.270. The largest absolute Gasteiger partial charge is 0.388 e. The average Bonchev–Trinajstić information content (AvgIpc) is 2.64. The van der Waals surface area contributed by atoms with Crippen molar-refractivity contribution < 1.29 is 23.4 Å². The molecule has 0 bridgehead atoms. The summed E-state index contributed by atoms with van der Waals surface area (Å²) < 4.78 is 33.5. The highest BCUT2D eigenvalue weighted by Crippen LogP contribution is 2.39. The van der Waals surface area contributed by atoms with Crippen molar-refractivity contribution in [2.45, 2.75) is 24.7 Å². The van der Waals surface area contributed by atoms with Crippen molar-refractivity contribution >= 4 is 5.78 Å². The molecule has 0 unspecified atom stereocenters. The second-order valence-corrected chi connectivity index (χ2v) is 6.16. The van der Waals surface area contributed by atoms with Crippen LogP contribution in [0.4, 0.5) is 8.78 Å². The summed E-state index contributed by atoms with van der Waals surface area (Å²) in [4.78, 5) is 19.8. The molecular weight excluding hydrogens is 330 g/mol. The van der Waals surface area contributed by atoms with E-state index >= 15 is 0 Å². The van der Waals surface area contributed by atoms with Crippen molar-refractivity contribution in [3.8, 4) is 0 Å². The van der Waals surface area contributed by atoms with Crippen LogP contribution in [0.5, 0.6) is 0 Å². The SMILES string of the molecule is O=C(CO)c1cnc(CC2(c3cc(F)ccc3F)CCOCC2)nc1. The number of Topliss-reactive ketones (excluding diaryl/α,β-unsaturated/α-hetero) is 1. The van der Waals surface area contributed by atoms with Gasteiger partial charge in [0, 0.05) is 37.4 Å². The van der Waals surface area contributed by atoms with Gasteiger partial charge in [0.1, 0.15) is 24.1 Å². The maximum atomic E-state index is 14.4. The summed E-state index contributed by atoms with van der Waals surface area (Å²) in [7, 11) is 0. The Bertz CT molecular complexity index is 759. The molecule has 1 aliphatic heterocycles. The van der Waals surface area contributed by atoms with Gasteiger partial charge in [0.2, 0.25) is 0 Å². The Kier molecular flexibility index (Phi) is 5.15. The van der Waals surface area contributed by atoms with Gasteiger partial charge >= 0.3 is 0 Å². The molecule has 1 aromatic heterocycles. The lowest BCUT2D eigenvalue weighted by molar-refractivity contribution is 0.0480. The first kappa shape index (κ1) is 17.6. The van der Waals surface area contributed by atoms with E-state index in [4.69, 9.17) is 9.84 Å². The monoisotopic (exact) mass is 348 g/mol. The third-order valence-corrected chi connectivity index (χ3v) is 4.62. The van der Waals surface area contributed by atoms with E-state index in [1.54, 1.807) is 0 Å². The van der Waals surface area contributed by atoms with Crippen LogP contribution >= 0.6 is 0 Å². The number of rotatable bonds is 5. The Morgan fingerprint density at radius 3 is 2.52 bits per heavy atom. The molecule has 0 atom stereocenters. The fourth-order valence-corrected chi connectivity index (χ4v) is 3.19. The quantitative estimate of drug-likeness (QED) is 0.839. The van der Waals surface area contributed by atoms with E-state index < -0.39 is 29.4 Å². The first-order chi connectivity index (χ1) is 12.0. The molecule has 0 amide bonds. The van der Waals surface area contributed by atoms with Crippen LogP contribution in [0.15, 0.2) is 30.6 Å². The molecular formula is C18H18F2N2O3. The van der Waals surface area contributed by atoms with Gasteiger partial charge in [-0.1, -0.05) is 0 Å². The molecule has 1 aromatic carbocycles. The van der Waals surface area contributed by atoms with Crippen LogP contribution in [0.1, 0.15) is 34.6 Å². The molecule has 2 heterocycles. The summed E-state index contributed by atoms with van der Waals surface area (Å²) in [6, 6.07) is 3.45. The highest BCUT2D eigenvalue weighted by Gasteiger charge is 2.38. The first-order valence-corrected chi connectivity index (χ1v) is 8.02. The number of ketones is 1. The number of carbonyl (C=O) groups is 1. The van der Waals surface area contributed by atoms with Crippen molar-refractivity contribution in [1.82, 2.24) is 9.97 Å².